The van der Waals surface area contributed by atoms with Crippen molar-refractivity contribution in [1.82, 2.24) is 0 Å². The third kappa shape index (κ3) is 4.58. The Hall–Kier alpha value is 1.15. The van der Waals surface area contributed by atoms with E-state index in [0.717, 1.165) is 0 Å². The number of halogens is 12. The van der Waals surface area contributed by atoms with Crippen LogP contribution >= 0.6 is 23.5 Å². The Morgan fingerprint density at radius 3 is 0.810 bits per heavy atom. The summed E-state index contributed by atoms with van der Waals surface area (Å²) in [5, 5.41) is 0. The normalized spacial score (nSPS) is 18.1. The van der Waals surface area contributed by atoms with Crippen molar-refractivity contribution in [3.05, 3.63) is 0 Å². The molecule has 126 valence electrons. The van der Waals surface area contributed by atoms with Crippen molar-refractivity contribution >= 4 is 42.8 Å². The first-order valence-electron chi connectivity index (χ1n) is 4.13. The van der Waals surface area contributed by atoms with E-state index in [0.29, 0.717) is 0 Å². The van der Waals surface area contributed by atoms with Crippen molar-refractivity contribution in [1.29, 1.82) is 0 Å². The van der Waals surface area contributed by atoms with E-state index in [9.17, 15) is 52.7 Å². The number of hydrogen-bond donors (Lipinski definition) is 0. The van der Waals surface area contributed by atoms with Crippen LogP contribution in [0.4, 0.5) is 52.7 Å². The fraction of sp³-hybridized carbons (Fsp3) is 1.00. The summed E-state index contributed by atoms with van der Waals surface area (Å²) in [6, 6.07) is 0. The quantitative estimate of drug-likeness (QED) is 0.239. The van der Waals surface area contributed by atoms with E-state index in [1.54, 1.807) is 0 Å². The van der Waals surface area contributed by atoms with Gasteiger partial charge in [0.25, 0.3) is 0 Å². The standard InChI is InChI=1S/C4F12P4Te/c5-1(6,7)17-18(2(8,9)10)20(4(14,15)16)21-19(17)3(11,12)13. The van der Waals surface area contributed by atoms with E-state index in [4.69, 9.17) is 0 Å². The van der Waals surface area contributed by atoms with Crippen LogP contribution in [0, 0.1) is 0 Å². The molecule has 1 aromatic rings. The van der Waals surface area contributed by atoms with Crippen LogP contribution in [-0.4, -0.2) is 19.3 Å². The van der Waals surface area contributed by atoms with Gasteiger partial charge in [-0.25, -0.2) is 0 Å². The summed E-state index contributed by atoms with van der Waals surface area (Å²) in [6.45, 7) is -9.49. The predicted molar refractivity (Wildman–Crippen MR) is 57.0 cm³/mol. The molecule has 0 bridgehead atoms. The molecule has 0 aliphatic heterocycles. The summed E-state index contributed by atoms with van der Waals surface area (Å²) in [6.07, 6.45) is 0. The van der Waals surface area contributed by atoms with Crippen molar-refractivity contribution in [2.24, 2.45) is 0 Å². The molecule has 1 heterocycles. The van der Waals surface area contributed by atoms with Gasteiger partial charge in [-0.05, 0) is 0 Å². The second-order valence-corrected chi connectivity index (χ2v) is 32.6. The summed E-state index contributed by atoms with van der Waals surface area (Å²) in [5.74, 6) is -23.0. The maximum atomic E-state index is 12.6. The van der Waals surface area contributed by atoms with Crippen LogP contribution in [0.1, 0.15) is 0 Å². The van der Waals surface area contributed by atoms with Crippen molar-refractivity contribution in [2.75, 3.05) is 0 Å². The van der Waals surface area contributed by atoms with Gasteiger partial charge in [0.1, 0.15) is 0 Å². The molecule has 0 fully saturated rings. The molecule has 0 radical (unpaired) electrons. The average Bonchev–Trinajstić information content (AvgIpc) is 2.52. The molecule has 21 heavy (non-hydrogen) atoms. The monoisotopic (exact) mass is 530 g/mol. The Morgan fingerprint density at radius 1 is 0.429 bits per heavy atom. The molecule has 0 saturated heterocycles. The van der Waals surface area contributed by atoms with Gasteiger partial charge < -0.3 is 0 Å². The minimum absolute atomic E-state index is 3.50. The van der Waals surface area contributed by atoms with Gasteiger partial charge in [0.2, 0.25) is 0 Å². The summed E-state index contributed by atoms with van der Waals surface area (Å²) in [4.78, 5) is -8.51. The third-order valence-corrected chi connectivity index (χ3v) is 56.0. The molecule has 4 unspecified atom stereocenters. The van der Waals surface area contributed by atoms with Gasteiger partial charge in [0.05, 0.1) is 0 Å². The Balaban J connectivity index is 3.93. The summed E-state index contributed by atoms with van der Waals surface area (Å²) in [5.41, 5.74) is 0. The van der Waals surface area contributed by atoms with Crippen LogP contribution < -0.4 is 0 Å². The second-order valence-electron chi connectivity index (χ2n) is 3.08. The molecule has 0 spiro atoms. The molecule has 4 atom stereocenters. The van der Waals surface area contributed by atoms with Crippen molar-refractivity contribution in [3.63, 3.8) is 0 Å². The molecule has 0 nitrogen and oxygen atoms in total. The molecular weight excluding hydrogens is 528 g/mol. The second kappa shape index (κ2) is 5.90. The van der Waals surface area contributed by atoms with E-state index in [1.165, 1.54) is 0 Å². The van der Waals surface area contributed by atoms with Crippen LogP contribution in [-0.2, 0) is 23.7 Å². The molecule has 1 rings (SSSR count). The molecular formula is C4F12P4Te. The zero-order chi connectivity index (χ0) is 17.0. The van der Waals surface area contributed by atoms with Gasteiger partial charge in [0.15, 0.2) is 0 Å². The molecule has 0 amide bonds. The van der Waals surface area contributed by atoms with E-state index in [2.05, 4.69) is 0 Å². The SMILES string of the molecule is FC(F)(F)p1[te]p(C(F)(F)F)p(C(F)(F)F)p1C(F)(F)F. The Morgan fingerprint density at radius 2 is 0.667 bits per heavy atom. The van der Waals surface area contributed by atoms with E-state index >= 15 is 0 Å². The summed E-state index contributed by atoms with van der Waals surface area (Å²) < 4.78 is 151. The number of alkyl halides is 12. The van der Waals surface area contributed by atoms with Gasteiger partial charge in [0, 0.05) is 0 Å². The Bertz CT molecular complexity index is 483. The minimum atomic E-state index is -5.88. The van der Waals surface area contributed by atoms with Gasteiger partial charge in [-0.15, -0.1) is 0 Å². The van der Waals surface area contributed by atoms with Gasteiger partial charge in [-0.2, -0.15) is 0 Å². The molecule has 0 aromatic carbocycles. The predicted octanol–water partition coefficient (Wildman–Crippen LogP) is 7.72. The van der Waals surface area contributed by atoms with Crippen LogP contribution in [0.25, 0.3) is 0 Å². The molecule has 0 aliphatic rings. The molecule has 17 heteroatoms. The fourth-order valence-corrected chi connectivity index (χ4v) is 89.6. The van der Waals surface area contributed by atoms with Gasteiger partial charge in [-0.3, -0.25) is 0 Å². The van der Waals surface area contributed by atoms with E-state index in [1.807, 2.05) is 0 Å². The molecule has 1 aromatic heterocycles. The zero-order valence-corrected chi connectivity index (χ0v) is 14.6. The first-order chi connectivity index (χ1) is 8.97. The fourth-order valence-electron chi connectivity index (χ4n) is 1.02. The topological polar surface area (TPSA) is 0 Å². The number of rotatable bonds is 0. The summed E-state index contributed by atoms with van der Waals surface area (Å²) in [7, 11) is 0. The Kier molecular flexibility index (Phi) is 5.67. The first-order valence-corrected chi connectivity index (χ1v) is 17.7. The van der Waals surface area contributed by atoms with Crippen molar-refractivity contribution in [3.8, 4) is 0 Å². The maximum absolute atomic E-state index is 12.6. The third-order valence-electron chi connectivity index (χ3n) is 1.57. The molecule has 0 saturated carbocycles. The molecule has 0 N–H and O–H groups in total. The van der Waals surface area contributed by atoms with Crippen LogP contribution in [0.3, 0.4) is 0 Å². The van der Waals surface area contributed by atoms with Gasteiger partial charge >= 0.3 is 119 Å². The van der Waals surface area contributed by atoms with Crippen molar-refractivity contribution < 1.29 is 52.7 Å². The summed E-state index contributed by atoms with van der Waals surface area (Å²) >= 11 is -3.50. The van der Waals surface area contributed by atoms with E-state index in [-0.39, 0.29) is 0 Å². The number of hydrogen-bond acceptors (Lipinski definition) is 0. The zero-order valence-electron chi connectivity index (χ0n) is 8.73. The van der Waals surface area contributed by atoms with E-state index < -0.39 is 66.5 Å². The van der Waals surface area contributed by atoms with Crippen LogP contribution in [0.5, 0.6) is 0 Å². The van der Waals surface area contributed by atoms with Crippen LogP contribution in [0.15, 0.2) is 0 Å². The average molecular weight is 528 g/mol. The molecule has 0 aliphatic carbocycles. The van der Waals surface area contributed by atoms with Crippen LogP contribution in [0.2, 0.25) is 0 Å². The first kappa shape index (κ1) is 20.2. The Labute approximate surface area is 119 Å². The van der Waals surface area contributed by atoms with Gasteiger partial charge in [-0.1, -0.05) is 0 Å². The van der Waals surface area contributed by atoms with Crippen molar-refractivity contribution in [2.45, 2.75) is 23.7 Å².